The molecule has 3 aromatic rings. The maximum Gasteiger partial charge on any atom is 0.414 e. The number of hydrogen-bond acceptors (Lipinski definition) is 5. The zero-order valence-electron chi connectivity index (χ0n) is 16.2. The van der Waals surface area contributed by atoms with Crippen molar-refractivity contribution < 1.29 is 29.3 Å². The molecule has 0 saturated heterocycles. The van der Waals surface area contributed by atoms with E-state index in [1.165, 1.54) is 16.3 Å². The molecule has 29 heavy (non-hydrogen) atoms. The fourth-order valence-corrected chi connectivity index (χ4v) is 2.78. The second-order valence-electron chi connectivity index (χ2n) is 6.03. The van der Waals surface area contributed by atoms with Gasteiger partial charge in [-0.15, -0.1) is 0 Å². The van der Waals surface area contributed by atoms with Crippen molar-refractivity contribution in [2.75, 3.05) is 14.2 Å². The van der Waals surface area contributed by atoms with Crippen LogP contribution in [0.2, 0.25) is 0 Å². The first-order valence-electron chi connectivity index (χ1n) is 8.80. The van der Waals surface area contributed by atoms with Crippen LogP contribution in [0.4, 0.5) is 0 Å². The van der Waals surface area contributed by atoms with Gasteiger partial charge in [-0.2, -0.15) is 0 Å². The maximum atomic E-state index is 9.10. The summed E-state index contributed by atoms with van der Waals surface area (Å²) in [4.78, 5) is 18.2. The van der Waals surface area contributed by atoms with Crippen LogP contribution in [0, 0.1) is 0 Å². The van der Waals surface area contributed by atoms with Gasteiger partial charge in [0, 0.05) is 24.7 Å². The van der Waals surface area contributed by atoms with Crippen LogP contribution < -0.4 is 14.8 Å². The van der Waals surface area contributed by atoms with E-state index in [1.807, 2.05) is 18.2 Å². The minimum absolute atomic E-state index is 0.746. The summed E-state index contributed by atoms with van der Waals surface area (Å²) in [5, 5.41) is 20.9. The van der Waals surface area contributed by atoms with Crippen molar-refractivity contribution in [2.24, 2.45) is 0 Å². The van der Waals surface area contributed by atoms with E-state index < -0.39 is 11.9 Å². The highest BCUT2D eigenvalue weighted by molar-refractivity contribution is 6.27. The summed E-state index contributed by atoms with van der Waals surface area (Å²) in [7, 11) is 3.34. The molecule has 0 aromatic heterocycles. The van der Waals surface area contributed by atoms with Gasteiger partial charge in [-0.25, -0.2) is 9.59 Å². The topological polar surface area (TPSA) is 105 Å². The van der Waals surface area contributed by atoms with Crippen LogP contribution in [0.15, 0.2) is 60.7 Å². The van der Waals surface area contributed by atoms with Crippen molar-refractivity contribution in [3.63, 3.8) is 0 Å². The Hall–Kier alpha value is -3.58. The number of carbonyl (C=O) groups is 2. The fraction of sp³-hybridized carbons (Fsp3) is 0.182. The van der Waals surface area contributed by atoms with Crippen molar-refractivity contribution >= 4 is 22.7 Å². The van der Waals surface area contributed by atoms with E-state index >= 15 is 0 Å². The summed E-state index contributed by atoms with van der Waals surface area (Å²) in [6.45, 7) is 1.56. The monoisotopic (exact) mass is 397 g/mol. The molecule has 0 spiro atoms. The third kappa shape index (κ3) is 6.22. The Kier molecular flexibility index (Phi) is 8.00. The summed E-state index contributed by atoms with van der Waals surface area (Å²) in [5.41, 5.74) is 2.42. The van der Waals surface area contributed by atoms with Gasteiger partial charge in [-0.05, 0) is 22.4 Å². The quantitative estimate of drug-likeness (QED) is 0.548. The number of carboxylic acid groups (broad SMARTS) is 2. The van der Waals surface area contributed by atoms with Gasteiger partial charge in [0.25, 0.3) is 0 Å². The van der Waals surface area contributed by atoms with E-state index in [2.05, 4.69) is 47.8 Å². The Morgan fingerprint density at radius 1 is 0.828 bits per heavy atom. The SMILES string of the molecule is COc1ccc(CNCc2cccc3ccccc23)c(OC)c1.O=C(O)C(=O)O. The number of hydrogen-bond donors (Lipinski definition) is 3. The molecule has 0 fully saturated rings. The van der Waals surface area contributed by atoms with E-state index in [4.69, 9.17) is 29.3 Å². The molecule has 7 nitrogen and oxygen atoms in total. The predicted octanol–water partition coefficient (Wildman–Crippen LogP) is 3.30. The molecule has 0 saturated carbocycles. The fourth-order valence-electron chi connectivity index (χ4n) is 2.78. The minimum Gasteiger partial charge on any atom is -0.497 e. The second-order valence-corrected chi connectivity index (χ2v) is 6.03. The third-order valence-corrected chi connectivity index (χ3v) is 4.19. The first-order chi connectivity index (χ1) is 14.0. The zero-order valence-corrected chi connectivity index (χ0v) is 16.2. The smallest absolute Gasteiger partial charge is 0.414 e. The van der Waals surface area contributed by atoms with Gasteiger partial charge >= 0.3 is 11.9 Å². The zero-order chi connectivity index (χ0) is 21.2. The second kappa shape index (κ2) is 10.7. The van der Waals surface area contributed by atoms with Crippen molar-refractivity contribution in [3.8, 4) is 11.5 Å². The summed E-state index contributed by atoms with van der Waals surface area (Å²) in [5.74, 6) is -2.00. The lowest BCUT2D eigenvalue weighted by atomic mass is 10.0. The average Bonchev–Trinajstić information content (AvgIpc) is 2.74. The Bertz CT molecular complexity index is 969. The number of methoxy groups -OCH3 is 2. The van der Waals surface area contributed by atoms with Crippen LogP contribution in [0.25, 0.3) is 10.8 Å². The van der Waals surface area contributed by atoms with E-state index in [-0.39, 0.29) is 0 Å². The molecule has 3 N–H and O–H groups in total. The van der Waals surface area contributed by atoms with Crippen molar-refractivity contribution in [1.29, 1.82) is 0 Å². The summed E-state index contributed by atoms with van der Waals surface area (Å²) < 4.78 is 10.7. The molecule has 0 unspecified atom stereocenters. The van der Waals surface area contributed by atoms with Gasteiger partial charge in [0.05, 0.1) is 14.2 Å². The molecule has 3 rings (SSSR count). The van der Waals surface area contributed by atoms with E-state index in [9.17, 15) is 0 Å². The number of rotatable bonds is 6. The predicted molar refractivity (Wildman–Crippen MR) is 109 cm³/mol. The van der Waals surface area contributed by atoms with Gasteiger partial charge in [0.1, 0.15) is 11.5 Å². The Balaban J connectivity index is 0.000000438. The number of carboxylic acids is 2. The molecule has 0 atom stereocenters. The third-order valence-electron chi connectivity index (χ3n) is 4.19. The number of fused-ring (bicyclic) bond motifs is 1. The van der Waals surface area contributed by atoms with Gasteiger partial charge in [-0.3, -0.25) is 0 Å². The minimum atomic E-state index is -1.82. The van der Waals surface area contributed by atoms with Crippen LogP contribution in [0.1, 0.15) is 11.1 Å². The average molecular weight is 397 g/mol. The first-order valence-corrected chi connectivity index (χ1v) is 8.80. The molecule has 0 amide bonds. The largest absolute Gasteiger partial charge is 0.497 e. The Morgan fingerprint density at radius 3 is 2.14 bits per heavy atom. The summed E-state index contributed by atoms with van der Waals surface area (Å²) in [6, 6.07) is 20.8. The molecular formula is C22H23NO6. The van der Waals surface area contributed by atoms with Crippen molar-refractivity contribution in [2.45, 2.75) is 13.1 Å². The number of benzene rings is 3. The Morgan fingerprint density at radius 2 is 1.48 bits per heavy atom. The number of ether oxygens (including phenoxy) is 2. The molecule has 0 aliphatic carbocycles. The van der Waals surface area contributed by atoms with Crippen LogP contribution in [0.5, 0.6) is 11.5 Å². The van der Waals surface area contributed by atoms with Gasteiger partial charge < -0.3 is 25.0 Å². The molecule has 152 valence electrons. The summed E-state index contributed by atoms with van der Waals surface area (Å²) in [6.07, 6.45) is 0. The van der Waals surface area contributed by atoms with E-state index in [0.717, 1.165) is 30.2 Å². The van der Waals surface area contributed by atoms with Crippen LogP contribution in [-0.2, 0) is 22.7 Å². The molecule has 0 radical (unpaired) electrons. The van der Waals surface area contributed by atoms with Crippen molar-refractivity contribution in [3.05, 3.63) is 71.8 Å². The number of nitrogens with one attached hydrogen (secondary N) is 1. The highest BCUT2D eigenvalue weighted by atomic mass is 16.5. The highest BCUT2D eigenvalue weighted by Crippen LogP contribution is 2.24. The molecular weight excluding hydrogens is 374 g/mol. The molecule has 7 heteroatoms. The van der Waals surface area contributed by atoms with Crippen LogP contribution in [-0.4, -0.2) is 36.4 Å². The lowest BCUT2D eigenvalue weighted by Gasteiger charge is -2.12. The van der Waals surface area contributed by atoms with Crippen LogP contribution in [0.3, 0.4) is 0 Å². The normalized spacial score (nSPS) is 10.0. The van der Waals surface area contributed by atoms with Gasteiger partial charge in [0.15, 0.2) is 0 Å². The first kappa shape index (κ1) is 21.7. The number of aliphatic carboxylic acids is 2. The highest BCUT2D eigenvalue weighted by Gasteiger charge is 2.06. The molecule has 0 bridgehead atoms. The summed E-state index contributed by atoms with van der Waals surface area (Å²) >= 11 is 0. The van der Waals surface area contributed by atoms with Gasteiger partial charge in [0.2, 0.25) is 0 Å². The molecule has 0 aliphatic heterocycles. The molecule has 0 aliphatic rings. The van der Waals surface area contributed by atoms with E-state index in [0.29, 0.717) is 0 Å². The lowest BCUT2D eigenvalue weighted by molar-refractivity contribution is -0.159. The Labute approximate surface area is 168 Å². The van der Waals surface area contributed by atoms with Gasteiger partial charge in [-0.1, -0.05) is 48.5 Å². The van der Waals surface area contributed by atoms with Crippen molar-refractivity contribution in [1.82, 2.24) is 5.32 Å². The van der Waals surface area contributed by atoms with Crippen LogP contribution >= 0.6 is 0 Å². The molecule has 3 aromatic carbocycles. The van der Waals surface area contributed by atoms with E-state index in [1.54, 1.807) is 14.2 Å². The maximum absolute atomic E-state index is 9.10. The standard InChI is InChI=1S/C20H21NO2.C2H2O4/c1-22-18-11-10-17(20(12-18)23-2)14-21-13-16-8-5-7-15-6-3-4-9-19(15)16;3-1(4)2(5)6/h3-12,21H,13-14H2,1-2H3;(H,3,4)(H,5,6). The molecule has 0 heterocycles. The lowest BCUT2D eigenvalue weighted by Crippen LogP contribution is -2.13.